The van der Waals surface area contributed by atoms with E-state index in [0.29, 0.717) is 11.5 Å². The van der Waals surface area contributed by atoms with Crippen LogP contribution in [0.4, 0.5) is 0 Å². The van der Waals surface area contributed by atoms with Crippen molar-refractivity contribution in [2.24, 2.45) is 0 Å². The number of rotatable bonds is 3. The zero-order valence-corrected chi connectivity index (χ0v) is 9.08. The van der Waals surface area contributed by atoms with E-state index in [4.69, 9.17) is 9.52 Å². The highest BCUT2D eigenvalue weighted by molar-refractivity contribution is 5.73. The maximum Gasteiger partial charge on any atom is 0.221 e. The lowest BCUT2D eigenvalue weighted by molar-refractivity contribution is 0.244. The van der Waals surface area contributed by atoms with Crippen molar-refractivity contribution < 1.29 is 9.52 Å². The third-order valence-electron chi connectivity index (χ3n) is 2.56. The van der Waals surface area contributed by atoms with Gasteiger partial charge in [0.15, 0.2) is 5.58 Å². The van der Waals surface area contributed by atoms with Crippen LogP contribution < -0.4 is 0 Å². The summed E-state index contributed by atoms with van der Waals surface area (Å²) < 4.78 is 7.37. The van der Waals surface area contributed by atoms with Crippen LogP contribution in [0.5, 0.6) is 0 Å². The Labute approximate surface area is 97.3 Å². The highest BCUT2D eigenvalue weighted by atomic mass is 16.4. The molecule has 1 aromatic carbocycles. The molecule has 0 spiro atoms. The molecule has 0 amide bonds. The van der Waals surface area contributed by atoms with Gasteiger partial charge in [-0.1, -0.05) is 6.07 Å². The van der Waals surface area contributed by atoms with E-state index < -0.39 is 0 Å². The SMILES string of the molecule is OCc1nc2ccc(Cn3ccnc3)cc2o1. The minimum Gasteiger partial charge on any atom is -0.438 e. The number of hydrogen-bond acceptors (Lipinski definition) is 4. The fourth-order valence-corrected chi connectivity index (χ4v) is 1.77. The van der Waals surface area contributed by atoms with E-state index in [2.05, 4.69) is 9.97 Å². The molecule has 0 aliphatic rings. The molecule has 0 unspecified atom stereocenters. The molecule has 2 aromatic heterocycles. The van der Waals surface area contributed by atoms with Crippen LogP contribution >= 0.6 is 0 Å². The van der Waals surface area contributed by atoms with Crippen molar-refractivity contribution >= 4 is 11.1 Å². The monoisotopic (exact) mass is 229 g/mol. The summed E-state index contributed by atoms with van der Waals surface area (Å²) in [7, 11) is 0. The Hall–Kier alpha value is -2.14. The Balaban J connectivity index is 1.95. The maximum atomic E-state index is 8.95. The van der Waals surface area contributed by atoms with Gasteiger partial charge < -0.3 is 14.1 Å². The lowest BCUT2D eigenvalue weighted by atomic mass is 10.2. The van der Waals surface area contributed by atoms with Gasteiger partial charge in [-0.3, -0.25) is 0 Å². The largest absolute Gasteiger partial charge is 0.438 e. The van der Waals surface area contributed by atoms with Crippen LogP contribution in [0.15, 0.2) is 41.3 Å². The third kappa shape index (κ3) is 1.92. The molecule has 0 aliphatic carbocycles. The van der Waals surface area contributed by atoms with Gasteiger partial charge in [0.25, 0.3) is 0 Å². The van der Waals surface area contributed by atoms with E-state index in [0.717, 1.165) is 17.6 Å². The zero-order valence-electron chi connectivity index (χ0n) is 9.08. The number of imidazole rings is 1. The van der Waals surface area contributed by atoms with E-state index in [1.807, 2.05) is 29.0 Å². The number of fused-ring (bicyclic) bond motifs is 1. The Morgan fingerprint density at radius 2 is 2.29 bits per heavy atom. The molecule has 3 rings (SSSR count). The number of aliphatic hydroxyl groups is 1. The Kier molecular flexibility index (Phi) is 2.38. The molecular weight excluding hydrogens is 218 g/mol. The lowest BCUT2D eigenvalue weighted by Gasteiger charge is -2.01. The quantitative estimate of drug-likeness (QED) is 0.740. The van der Waals surface area contributed by atoms with Crippen molar-refractivity contribution in [3.8, 4) is 0 Å². The van der Waals surface area contributed by atoms with Crippen LogP contribution in [-0.2, 0) is 13.2 Å². The van der Waals surface area contributed by atoms with E-state index >= 15 is 0 Å². The van der Waals surface area contributed by atoms with Crippen LogP contribution in [0.3, 0.4) is 0 Å². The number of hydrogen-bond donors (Lipinski definition) is 1. The Morgan fingerprint density at radius 3 is 3.06 bits per heavy atom. The van der Waals surface area contributed by atoms with Crippen molar-refractivity contribution in [2.45, 2.75) is 13.2 Å². The first-order valence-corrected chi connectivity index (χ1v) is 5.30. The number of nitrogens with zero attached hydrogens (tertiary/aromatic N) is 3. The molecule has 1 N–H and O–H groups in total. The maximum absolute atomic E-state index is 8.95. The summed E-state index contributed by atoms with van der Waals surface area (Å²) in [5.41, 5.74) is 2.58. The molecular formula is C12H11N3O2. The highest BCUT2D eigenvalue weighted by Crippen LogP contribution is 2.17. The molecule has 5 heteroatoms. The number of oxazole rings is 1. The van der Waals surface area contributed by atoms with Crippen molar-refractivity contribution in [3.05, 3.63) is 48.4 Å². The first-order valence-electron chi connectivity index (χ1n) is 5.30. The third-order valence-corrected chi connectivity index (χ3v) is 2.56. The van der Waals surface area contributed by atoms with E-state index in [1.54, 1.807) is 12.5 Å². The summed E-state index contributed by atoms with van der Waals surface area (Å²) in [6.07, 6.45) is 5.42. The smallest absolute Gasteiger partial charge is 0.221 e. The highest BCUT2D eigenvalue weighted by Gasteiger charge is 2.05. The van der Waals surface area contributed by atoms with Gasteiger partial charge in [0.1, 0.15) is 12.1 Å². The van der Waals surface area contributed by atoms with Crippen LogP contribution in [0.1, 0.15) is 11.5 Å². The second kappa shape index (κ2) is 4.03. The minimum absolute atomic E-state index is 0.175. The second-order valence-electron chi connectivity index (χ2n) is 3.80. The second-order valence-corrected chi connectivity index (χ2v) is 3.80. The number of benzene rings is 1. The minimum atomic E-state index is -0.175. The molecule has 0 atom stereocenters. The molecule has 0 bridgehead atoms. The van der Waals surface area contributed by atoms with Gasteiger partial charge in [0.2, 0.25) is 5.89 Å². The van der Waals surface area contributed by atoms with Crippen molar-refractivity contribution in [1.82, 2.24) is 14.5 Å². The first kappa shape index (κ1) is 10.0. The predicted octanol–water partition coefficient (Wildman–Crippen LogP) is 1.56. The Morgan fingerprint density at radius 1 is 1.35 bits per heavy atom. The standard InChI is InChI=1S/C12H11N3O2/c16-7-12-14-10-2-1-9(5-11(10)17-12)6-15-4-3-13-8-15/h1-5,8,16H,6-7H2. The summed E-state index contributed by atoms with van der Waals surface area (Å²) in [5, 5.41) is 8.95. The van der Waals surface area contributed by atoms with Crippen LogP contribution in [-0.4, -0.2) is 19.6 Å². The molecule has 0 radical (unpaired) electrons. The number of aromatic nitrogens is 3. The van der Waals surface area contributed by atoms with Gasteiger partial charge in [0.05, 0.1) is 6.33 Å². The molecule has 2 heterocycles. The summed E-state index contributed by atoms with van der Waals surface area (Å²) in [6, 6.07) is 5.82. The van der Waals surface area contributed by atoms with Crippen LogP contribution in [0.2, 0.25) is 0 Å². The van der Waals surface area contributed by atoms with Gasteiger partial charge in [-0.2, -0.15) is 0 Å². The van der Waals surface area contributed by atoms with Crippen molar-refractivity contribution in [2.75, 3.05) is 0 Å². The van der Waals surface area contributed by atoms with Crippen LogP contribution in [0.25, 0.3) is 11.1 Å². The average molecular weight is 229 g/mol. The zero-order chi connectivity index (χ0) is 11.7. The molecule has 0 fully saturated rings. The molecule has 0 aliphatic heterocycles. The van der Waals surface area contributed by atoms with E-state index in [9.17, 15) is 0 Å². The van der Waals surface area contributed by atoms with Gasteiger partial charge in [-0.25, -0.2) is 9.97 Å². The average Bonchev–Trinajstić information content (AvgIpc) is 2.96. The van der Waals surface area contributed by atoms with E-state index in [-0.39, 0.29) is 6.61 Å². The molecule has 3 aromatic rings. The van der Waals surface area contributed by atoms with Gasteiger partial charge in [-0.15, -0.1) is 0 Å². The summed E-state index contributed by atoms with van der Waals surface area (Å²) in [6.45, 7) is 0.566. The molecule has 0 saturated heterocycles. The molecule has 5 nitrogen and oxygen atoms in total. The summed E-state index contributed by atoms with van der Waals surface area (Å²) >= 11 is 0. The first-order chi connectivity index (χ1) is 8.35. The summed E-state index contributed by atoms with van der Waals surface area (Å²) in [4.78, 5) is 8.13. The van der Waals surface area contributed by atoms with Gasteiger partial charge in [-0.05, 0) is 17.7 Å². The fraction of sp³-hybridized carbons (Fsp3) is 0.167. The van der Waals surface area contributed by atoms with Gasteiger partial charge >= 0.3 is 0 Å². The predicted molar refractivity (Wildman–Crippen MR) is 61.3 cm³/mol. The van der Waals surface area contributed by atoms with Crippen molar-refractivity contribution in [3.63, 3.8) is 0 Å². The lowest BCUT2D eigenvalue weighted by Crippen LogP contribution is -1.95. The number of aliphatic hydroxyl groups excluding tert-OH is 1. The molecule has 86 valence electrons. The molecule has 0 saturated carbocycles. The van der Waals surface area contributed by atoms with E-state index in [1.165, 1.54) is 0 Å². The van der Waals surface area contributed by atoms with Crippen molar-refractivity contribution in [1.29, 1.82) is 0 Å². The summed E-state index contributed by atoms with van der Waals surface area (Å²) in [5.74, 6) is 0.347. The normalized spacial score (nSPS) is 11.1. The fourth-order valence-electron chi connectivity index (χ4n) is 1.77. The topological polar surface area (TPSA) is 64.1 Å². The van der Waals surface area contributed by atoms with Gasteiger partial charge in [0, 0.05) is 18.9 Å². The Bertz CT molecular complexity index is 628. The van der Waals surface area contributed by atoms with Crippen LogP contribution in [0, 0.1) is 0 Å². The molecule has 17 heavy (non-hydrogen) atoms.